The van der Waals surface area contributed by atoms with Crippen LogP contribution in [0.15, 0.2) is 64.0 Å². The van der Waals surface area contributed by atoms with Crippen molar-refractivity contribution < 1.29 is 19.1 Å². The highest BCUT2D eigenvalue weighted by Gasteiger charge is 2.35. The number of thioether (sulfide) groups is 1. The molecule has 0 atom stereocenters. The number of amides is 2. The zero-order valence-corrected chi connectivity index (χ0v) is 20.2. The fraction of sp³-hybridized carbons (Fsp3) is 0.200. The molecule has 3 aromatic carbocycles. The number of ether oxygens (including phenoxy) is 2. The Hall–Kier alpha value is -2.77. The standard InChI is InChI=1S/C25H22BrNO4S/c1-3-30-21-13-17(12-20(26)23(21)31-4-2)14-22-24(28)27(25(29)32-22)15-16-9-10-18-7-5-6-8-19(18)11-16/h5-14H,3-4,15H2,1-2H3. The third-order valence-electron chi connectivity index (χ3n) is 4.95. The van der Waals surface area contributed by atoms with Gasteiger partial charge in [-0.05, 0) is 87.7 Å². The second kappa shape index (κ2) is 9.79. The highest BCUT2D eigenvalue weighted by Crippen LogP contribution is 2.39. The number of carbonyl (C=O) groups excluding carboxylic acids is 2. The summed E-state index contributed by atoms with van der Waals surface area (Å²) >= 11 is 4.47. The van der Waals surface area contributed by atoms with Gasteiger partial charge < -0.3 is 9.47 Å². The Labute approximate surface area is 199 Å². The molecule has 0 aromatic heterocycles. The first kappa shape index (κ1) is 22.4. The molecule has 7 heteroatoms. The SMILES string of the molecule is CCOc1cc(C=C2SC(=O)N(Cc3ccc4ccccc4c3)C2=O)cc(Br)c1OCC. The van der Waals surface area contributed by atoms with Gasteiger partial charge in [0.1, 0.15) is 0 Å². The van der Waals surface area contributed by atoms with E-state index in [4.69, 9.17) is 9.47 Å². The molecule has 32 heavy (non-hydrogen) atoms. The number of hydrogen-bond donors (Lipinski definition) is 0. The molecular weight excluding hydrogens is 490 g/mol. The molecule has 3 aromatic rings. The van der Waals surface area contributed by atoms with Crippen LogP contribution in [-0.4, -0.2) is 29.3 Å². The van der Waals surface area contributed by atoms with Gasteiger partial charge in [-0.2, -0.15) is 0 Å². The van der Waals surface area contributed by atoms with Gasteiger partial charge in [-0.25, -0.2) is 0 Å². The Balaban J connectivity index is 1.59. The molecule has 0 N–H and O–H groups in total. The number of halogens is 1. The smallest absolute Gasteiger partial charge is 0.293 e. The van der Waals surface area contributed by atoms with Crippen molar-refractivity contribution in [3.63, 3.8) is 0 Å². The molecule has 4 rings (SSSR count). The van der Waals surface area contributed by atoms with Crippen molar-refractivity contribution in [2.75, 3.05) is 13.2 Å². The van der Waals surface area contributed by atoms with Crippen molar-refractivity contribution in [1.82, 2.24) is 4.90 Å². The van der Waals surface area contributed by atoms with E-state index in [0.29, 0.717) is 29.6 Å². The molecule has 0 spiro atoms. The largest absolute Gasteiger partial charge is 0.490 e. The first-order valence-electron chi connectivity index (χ1n) is 10.3. The van der Waals surface area contributed by atoms with Crippen molar-refractivity contribution >= 4 is 55.7 Å². The minimum atomic E-state index is -0.295. The summed E-state index contributed by atoms with van der Waals surface area (Å²) in [5.74, 6) is 0.914. The molecule has 0 unspecified atom stereocenters. The Bertz CT molecular complexity index is 1220. The maximum Gasteiger partial charge on any atom is 0.293 e. The Morgan fingerprint density at radius 2 is 1.72 bits per heavy atom. The molecule has 1 fully saturated rings. The van der Waals surface area contributed by atoms with Crippen molar-refractivity contribution in [3.8, 4) is 11.5 Å². The van der Waals surface area contributed by atoms with E-state index in [1.54, 1.807) is 6.08 Å². The molecular formula is C25H22BrNO4S. The minimum Gasteiger partial charge on any atom is -0.490 e. The van der Waals surface area contributed by atoms with E-state index in [1.807, 2.05) is 68.4 Å². The third kappa shape index (κ3) is 4.69. The van der Waals surface area contributed by atoms with Crippen LogP contribution in [0, 0.1) is 0 Å². The molecule has 5 nitrogen and oxygen atoms in total. The van der Waals surface area contributed by atoms with E-state index >= 15 is 0 Å². The highest BCUT2D eigenvalue weighted by molar-refractivity contribution is 9.10. The molecule has 1 aliphatic heterocycles. The van der Waals surface area contributed by atoms with Crippen LogP contribution >= 0.6 is 27.7 Å². The number of benzene rings is 3. The van der Waals surface area contributed by atoms with E-state index in [0.717, 1.165) is 38.1 Å². The fourth-order valence-corrected chi connectivity index (χ4v) is 4.94. The number of hydrogen-bond acceptors (Lipinski definition) is 5. The van der Waals surface area contributed by atoms with E-state index in [-0.39, 0.29) is 17.7 Å². The van der Waals surface area contributed by atoms with Crippen LogP contribution in [-0.2, 0) is 11.3 Å². The maximum atomic E-state index is 13.0. The monoisotopic (exact) mass is 511 g/mol. The average Bonchev–Trinajstić information content (AvgIpc) is 3.03. The second-order valence-corrected chi connectivity index (χ2v) is 8.99. The summed E-state index contributed by atoms with van der Waals surface area (Å²) in [6, 6.07) is 17.7. The highest BCUT2D eigenvalue weighted by atomic mass is 79.9. The van der Waals surface area contributed by atoms with Crippen molar-refractivity contribution in [1.29, 1.82) is 0 Å². The van der Waals surface area contributed by atoms with Gasteiger partial charge in [0.2, 0.25) is 0 Å². The lowest BCUT2D eigenvalue weighted by Crippen LogP contribution is -2.27. The molecule has 0 radical (unpaired) electrons. The maximum absolute atomic E-state index is 13.0. The number of imide groups is 1. The summed E-state index contributed by atoms with van der Waals surface area (Å²) in [5, 5.41) is 1.93. The molecule has 0 bridgehead atoms. The molecule has 1 heterocycles. The molecule has 1 saturated heterocycles. The summed E-state index contributed by atoms with van der Waals surface area (Å²) in [6.07, 6.45) is 1.72. The first-order valence-corrected chi connectivity index (χ1v) is 11.9. The van der Waals surface area contributed by atoms with Crippen LogP contribution in [0.4, 0.5) is 4.79 Å². The van der Waals surface area contributed by atoms with Crippen LogP contribution in [0.5, 0.6) is 11.5 Å². The van der Waals surface area contributed by atoms with Gasteiger partial charge in [0.25, 0.3) is 11.1 Å². The zero-order chi connectivity index (χ0) is 22.7. The molecule has 164 valence electrons. The topological polar surface area (TPSA) is 55.8 Å². The quantitative estimate of drug-likeness (QED) is 0.333. The normalized spacial score (nSPS) is 15.1. The van der Waals surface area contributed by atoms with Crippen molar-refractivity contribution in [2.24, 2.45) is 0 Å². The van der Waals surface area contributed by atoms with E-state index in [2.05, 4.69) is 15.9 Å². The number of rotatable bonds is 7. The van der Waals surface area contributed by atoms with E-state index in [9.17, 15) is 9.59 Å². The predicted octanol–water partition coefficient (Wildman–Crippen LogP) is 6.64. The van der Waals surface area contributed by atoms with Gasteiger partial charge in [0, 0.05) is 0 Å². The van der Waals surface area contributed by atoms with Gasteiger partial charge in [0.05, 0.1) is 29.1 Å². The number of fused-ring (bicyclic) bond motifs is 1. The third-order valence-corrected chi connectivity index (χ3v) is 6.44. The van der Waals surface area contributed by atoms with Crippen molar-refractivity contribution in [3.05, 3.63) is 75.1 Å². The summed E-state index contributed by atoms with van der Waals surface area (Å²) in [5.41, 5.74) is 1.66. The van der Waals surface area contributed by atoms with Gasteiger partial charge in [0.15, 0.2) is 11.5 Å². The molecule has 2 amide bonds. The lowest BCUT2D eigenvalue weighted by Gasteiger charge is -2.14. The lowest BCUT2D eigenvalue weighted by atomic mass is 10.1. The molecule has 0 aliphatic carbocycles. The second-order valence-electron chi connectivity index (χ2n) is 7.15. The van der Waals surface area contributed by atoms with Gasteiger partial charge >= 0.3 is 0 Å². The fourth-order valence-electron chi connectivity index (χ4n) is 3.53. The minimum absolute atomic E-state index is 0.240. The van der Waals surface area contributed by atoms with Crippen LogP contribution in [0.1, 0.15) is 25.0 Å². The van der Waals surface area contributed by atoms with Crippen LogP contribution in [0.3, 0.4) is 0 Å². The first-order chi connectivity index (χ1) is 15.5. The summed E-state index contributed by atoms with van der Waals surface area (Å²) in [7, 11) is 0. The Morgan fingerprint density at radius 1 is 0.969 bits per heavy atom. The average molecular weight is 512 g/mol. The van der Waals surface area contributed by atoms with Gasteiger partial charge in [-0.3, -0.25) is 14.5 Å². The van der Waals surface area contributed by atoms with E-state index < -0.39 is 0 Å². The van der Waals surface area contributed by atoms with Crippen LogP contribution in [0.25, 0.3) is 16.8 Å². The molecule has 0 saturated carbocycles. The summed E-state index contributed by atoms with van der Waals surface area (Å²) < 4.78 is 12.1. The van der Waals surface area contributed by atoms with Gasteiger partial charge in [-0.1, -0.05) is 36.4 Å². The van der Waals surface area contributed by atoms with Gasteiger partial charge in [-0.15, -0.1) is 0 Å². The number of carbonyl (C=O) groups is 2. The predicted molar refractivity (Wildman–Crippen MR) is 132 cm³/mol. The molecule has 1 aliphatic rings. The summed E-state index contributed by atoms with van der Waals surface area (Å²) in [6.45, 7) is 5.03. The lowest BCUT2D eigenvalue weighted by molar-refractivity contribution is -0.123. The van der Waals surface area contributed by atoms with Crippen LogP contribution in [0.2, 0.25) is 0 Å². The summed E-state index contributed by atoms with van der Waals surface area (Å²) in [4.78, 5) is 27.3. The van der Waals surface area contributed by atoms with E-state index in [1.165, 1.54) is 4.90 Å². The Kier molecular flexibility index (Phi) is 6.86. The zero-order valence-electron chi connectivity index (χ0n) is 17.8. The van der Waals surface area contributed by atoms with Crippen molar-refractivity contribution in [2.45, 2.75) is 20.4 Å². The van der Waals surface area contributed by atoms with Crippen LogP contribution < -0.4 is 9.47 Å². The Morgan fingerprint density at radius 3 is 2.47 bits per heavy atom. The number of nitrogens with zero attached hydrogens (tertiary/aromatic N) is 1.